The van der Waals surface area contributed by atoms with Gasteiger partial charge in [0.05, 0.1) is 11.9 Å². The number of carbonyl (C=O) groups excluding carboxylic acids is 2. The molecule has 0 saturated carbocycles. The highest BCUT2D eigenvalue weighted by Crippen LogP contribution is 2.24. The Morgan fingerprint density at radius 2 is 1.65 bits per heavy atom. The van der Waals surface area contributed by atoms with E-state index in [0.29, 0.717) is 31.5 Å². The van der Waals surface area contributed by atoms with Crippen molar-refractivity contribution >= 4 is 27.5 Å². The van der Waals surface area contributed by atoms with E-state index in [-0.39, 0.29) is 30.8 Å². The van der Waals surface area contributed by atoms with E-state index in [2.05, 4.69) is 5.32 Å². The summed E-state index contributed by atoms with van der Waals surface area (Å²) in [4.78, 5) is 28.2. The van der Waals surface area contributed by atoms with Crippen molar-refractivity contribution in [1.82, 2.24) is 10.2 Å². The first-order valence-corrected chi connectivity index (χ1v) is 15.0. The fraction of sp³-hybridized carbons (Fsp3) is 0.517. The van der Waals surface area contributed by atoms with E-state index in [4.69, 9.17) is 0 Å². The highest BCUT2D eigenvalue weighted by atomic mass is 32.2. The van der Waals surface area contributed by atoms with E-state index >= 15 is 0 Å². The van der Waals surface area contributed by atoms with Crippen molar-refractivity contribution in [3.63, 3.8) is 0 Å². The van der Waals surface area contributed by atoms with Gasteiger partial charge in [-0.15, -0.1) is 0 Å². The number of sulfonamides is 1. The first kappa shape index (κ1) is 30.4. The lowest BCUT2D eigenvalue weighted by Crippen LogP contribution is -2.51. The molecule has 7 nitrogen and oxygen atoms in total. The predicted octanol–water partition coefficient (Wildman–Crippen LogP) is 4.61. The second-order valence-corrected chi connectivity index (χ2v) is 11.7. The van der Waals surface area contributed by atoms with Crippen molar-refractivity contribution < 1.29 is 18.0 Å². The van der Waals surface area contributed by atoms with Gasteiger partial charge in [-0.2, -0.15) is 0 Å². The van der Waals surface area contributed by atoms with Gasteiger partial charge >= 0.3 is 0 Å². The number of aryl methyl sites for hydroxylation is 2. The molecule has 2 aromatic rings. The van der Waals surface area contributed by atoms with Crippen LogP contribution in [0.25, 0.3) is 0 Å². The van der Waals surface area contributed by atoms with Crippen molar-refractivity contribution in [3.8, 4) is 0 Å². The van der Waals surface area contributed by atoms with Gasteiger partial charge in [0.15, 0.2) is 0 Å². The van der Waals surface area contributed by atoms with Crippen molar-refractivity contribution in [3.05, 3.63) is 65.2 Å². The van der Waals surface area contributed by atoms with Crippen LogP contribution in [0, 0.1) is 13.8 Å². The van der Waals surface area contributed by atoms with Crippen molar-refractivity contribution in [1.29, 1.82) is 0 Å². The number of rotatable bonds is 14. The minimum atomic E-state index is -3.53. The van der Waals surface area contributed by atoms with Crippen LogP contribution in [0.4, 0.5) is 5.69 Å². The van der Waals surface area contributed by atoms with Crippen LogP contribution in [0.2, 0.25) is 0 Å². The van der Waals surface area contributed by atoms with E-state index in [1.165, 1.54) is 10.6 Å². The molecule has 0 saturated heterocycles. The van der Waals surface area contributed by atoms with Crippen LogP contribution in [0.5, 0.6) is 0 Å². The minimum absolute atomic E-state index is 0.0218. The van der Waals surface area contributed by atoms with E-state index < -0.39 is 16.1 Å². The Morgan fingerprint density at radius 3 is 2.24 bits per heavy atom. The topological polar surface area (TPSA) is 86.8 Å². The fourth-order valence-electron chi connectivity index (χ4n) is 4.31. The Bertz CT molecular complexity index is 1140. The molecule has 0 aliphatic rings. The third kappa shape index (κ3) is 9.18. The van der Waals surface area contributed by atoms with E-state index in [1.807, 2.05) is 83.1 Å². The van der Waals surface area contributed by atoms with Crippen molar-refractivity contribution in [2.24, 2.45) is 0 Å². The Hall–Kier alpha value is -2.87. The van der Waals surface area contributed by atoms with Gasteiger partial charge in [0.25, 0.3) is 0 Å². The quantitative estimate of drug-likeness (QED) is 0.387. The van der Waals surface area contributed by atoms with Gasteiger partial charge in [-0.05, 0) is 69.2 Å². The molecule has 0 aliphatic carbocycles. The number of carbonyl (C=O) groups is 2. The lowest BCUT2D eigenvalue weighted by molar-refractivity contribution is -0.141. The summed E-state index contributed by atoms with van der Waals surface area (Å²) >= 11 is 0. The maximum atomic E-state index is 13.5. The Kier molecular flexibility index (Phi) is 11.6. The molecule has 0 heterocycles. The number of benzene rings is 2. The summed E-state index contributed by atoms with van der Waals surface area (Å²) in [5.41, 5.74) is 3.56. The van der Waals surface area contributed by atoms with Gasteiger partial charge in [-0.3, -0.25) is 13.9 Å². The monoisotopic (exact) mass is 529 g/mol. The van der Waals surface area contributed by atoms with Gasteiger partial charge in [-0.1, -0.05) is 56.3 Å². The number of nitrogens with one attached hydrogen (secondary N) is 1. The number of hydrogen-bond acceptors (Lipinski definition) is 4. The molecule has 0 bridgehead atoms. The average molecular weight is 530 g/mol. The SMILES string of the molecule is CCC(C)NC(=O)C(CC)N(CCc1ccccc1)C(=O)CCCN(c1cc(C)ccc1C)S(C)(=O)=O. The average Bonchev–Trinajstić information content (AvgIpc) is 2.85. The van der Waals surface area contributed by atoms with Gasteiger partial charge < -0.3 is 10.2 Å². The van der Waals surface area contributed by atoms with Crippen LogP contribution in [0.15, 0.2) is 48.5 Å². The largest absolute Gasteiger partial charge is 0.352 e. The summed E-state index contributed by atoms with van der Waals surface area (Å²) in [6, 6.07) is 15.0. The third-order valence-corrected chi connectivity index (χ3v) is 7.84. The molecule has 0 spiro atoms. The summed E-state index contributed by atoms with van der Waals surface area (Å²) in [5, 5.41) is 3.02. The molecule has 2 aromatic carbocycles. The molecule has 204 valence electrons. The molecule has 2 atom stereocenters. The highest BCUT2D eigenvalue weighted by molar-refractivity contribution is 7.92. The van der Waals surface area contributed by atoms with Crippen molar-refractivity contribution in [2.75, 3.05) is 23.7 Å². The Morgan fingerprint density at radius 1 is 0.973 bits per heavy atom. The first-order valence-electron chi connectivity index (χ1n) is 13.2. The van der Waals surface area contributed by atoms with Crippen LogP contribution < -0.4 is 9.62 Å². The molecule has 1 N–H and O–H groups in total. The second-order valence-electron chi connectivity index (χ2n) is 9.79. The van der Waals surface area contributed by atoms with Crippen LogP contribution in [0.3, 0.4) is 0 Å². The molecule has 2 amide bonds. The molecule has 37 heavy (non-hydrogen) atoms. The molecule has 2 unspecified atom stereocenters. The maximum absolute atomic E-state index is 13.5. The molecule has 0 aromatic heterocycles. The molecule has 0 aliphatic heterocycles. The standard InChI is InChI=1S/C29H43N3O4S/c1-7-24(5)30-29(34)26(8-2)31(20-18-25-13-10-9-11-14-25)28(33)15-12-19-32(37(6,35)36)27-21-22(3)16-17-23(27)4/h9-11,13-14,16-17,21,24,26H,7-8,12,15,18-20H2,1-6H3,(H,30,34). The summed E-state index contributed by atoms with van der Waals surface area (Å²) in [5.74, 6) is -0.289. The molecule has 8 heteroatoms. The zero-order valence-corrected chi connectivity index (χ0v) is 24.0. The van der Waals surface area contributed by atoms with Crippen LogP contribution in [-0.4, -0.2) is 56.6 Å². The van der Waals surface area contributed by atoms with Gasteiger partial charge in [0.1, 0.15) is 6.04 Å². The minimum Gasteiger partial charge on any atom is -0.352 e. The van der Waals surface area contributed by atoms with Gasteiger partial charge in [0.2, 0.25) is 21.8 Å². The van der Waals surface area contributed by atoms with Crippen molar-refractivity contribution in [2.45, 2.75) is 78.8 Å². The number of hydrogen-bond donors (Lipinski definition) is 1. The molecular weight excluding hydrogens is 486 g/mol. The lowest BCUT2D eigenvalue weighted by Gasteiger charge is -2.32. The van der Waals surface area contributed by atoms with E-state index in [1.54, 1.807) is 4.90 Å². The number of amides is 2. The highest BCUT2D eigenvalue weighted by Gasteiger charge is 2.29. The first-order chi connectivity index (χ1) is 17.5. The Labute approximate surface area is 223 Å². The summed E-state index contributed by atoms with van der Waals surface area (Å²) < 4.78 is 26.6. The molecule has 0 fully saturated rings. The normalized spacial score (nSPS) is 13.0. The Balaban J connectivity index is 2.20. The molecule has 0 radical (unpaired) electrons. The van der Waals surface area contributed by atoms with E-state index in [9.17, 15) is 18.0 Å². The summed E-state index contributed by atoms with van der Waals surface area (Å²) in [7, 11) is -3.53. The molecule has 2 rings (SSSR count). The summed E-state index contributed by atoms with van der Waals surface area (Å²) in [6.07, 6.45) is 3.64. The number of anilines is 1. The van der Waals surface area contributed by atoms with Gasteiger partial charge in [0, 0.05) is 25.6 Å². The lowest BCUT2D eigenvalue weighted by atomic mass is 10.1. The third-order valence-electron chi connectivity index (χ3n) is 6.66. The van der Waals surface area contributed by atoms with E-state index in [0.717, 1.165) is 23.1 Å². The fourth-order valence-corrected chi connectivity index (χ4v) is 5.32. The number of nitrogens with zero attached hydrogens (tertiary/aromatic N) is 2. The smallest absolute Gasteiger partial charge is 0.243 e. The summed E-state index contributed by atoms with van der Waals surface area (Å²) in [6.45, 7) is 10.3. The van der Waals surface area contributed by atoms with Gasteiger partial charge in [-0.25, -0.2) is 8.42 Å². The second kappa shape index (κ2) is 14.2. The van der Waals surface area contributed by atoms with Crippen LogP contribution in [0.1, 0.15) is 63.1 Å². The zero-order chi connectivity index (χ0) is 27.6. The molecular formula is C29H43N3O4S. The maximum Gasteiger partial charge on any atom is 0.243 e. The van der Waals surface area contributed by atoms with Crippen LogP contribution >= 0.6 is 0 Å². The predicted molar refractivity (Wildman–Crippen MR) is 151 cm³/mol. The zero-order valence-electron chi connectivity index (χ0n) is 23.2. The van der Waals surface area contributed by atoms with Crippen LogP contribution in [-0.2, 0) is 26.0 Å².